The maximum atomic E-state index is 12.0. The molecule has 0 bridgehead atoms. The molecule has 1 heterocycles. The van der Waals surface area contributed by atoms with Crippen LogP contribution in [-0.4, -0.2) is 16.9 Å². The maximum absolute atomic E-state index is 12.0. The fraction of sp³-hybridized carbons (Fsp3) is 0.538. The first-order chi connectivity index (χ1) is 8.16. The van der Waals surface area contributed by atoms with Gasteiger partial charge in [-0.1, -0.05) is 31.4 Å². The largest absolute Gasteiger partial charge is 0.349 e. The Balaban J connectivity index is 1.99. The molecule has 4 heteroatoms. The number of hydrogen-bond acceptors (Lipinski definition) is 2. The summed E-state index contributed by atoms with van der Waals surface area (Å²) in [6.07, 6.45) is 6.16. The third-order valence-corrected chi connectivity index (χ3v) is 3.58. The Labute approximate surface area is 107 Å². The number of carbonyl (C=O) groups excluding carboxylic acids is 1. The number of aromatic nitrogens is 1. The standard InChI is InChI=1S/C13H17ClN2O/c1-9-4-2-5-10(8-9)16-13(17)11-6-3-7-15-12(11)14/h3,6-7,9-10H,2,4-5,8H2,1H3,(H,16,17). The number of halogens is 1. The van der Waals surface area contributed by atoms with E-state index in [1.165, 1.54) is 12.8 Å². The molecule has 1 aliphatic carbocycles. The molecule has 0 aromatic carbocycles. The van der Waals surface area contributed by atoms with Crippen LogP contribution >= 0.6 is 11.6 Å². The summed E-state index contributed by atoms with van der Waals surface area (Å²) in [4.78, 5) is 15.9. The lowest BCUT2D eigenvalue weighted by Crippen LogP contribution is -2.38. The topological polar surface area (TPSA) is 42.0 Å². The van der Waals surface area contributed by atoms with Gasteiger partial charge in [0.2, 0.25) is 0 Å². The van der Waals surface area contributed by atoms with Crippen LogP contribution < -0.4 is 5.32 Å². The van der Waals surface area contributed by atoms with Gasteiger partial charge in [-0.05, 0) is 30.9 Å². The molecule has 1 saturated carbocycles. The van der Waals surface area contributed by atoms with Crippen LogP contribution in [0.25, 0.3) is 0 Å². The Morgan fingerprint density at radius 1 is 1.53 bits per heavy atom. The van der Waals surface area contributed by atoms with Gasteiger partial charge in [0.05, 0.1) is 5.56 Å². The highest BCUT2D eigenvalue weighted by Crippen LogP contribution is 2.24. The SMILES string of the molecule is CC1CCCC(NC(=O)c2cccnc2Cl)C1. The monoisotopic (exact) mass is 252 g/mol. The number of rotatable bonds is 2. The van der Waals surface area contributed by atoms with Crippen molar-refractivity contribution in [1.82, 2.24) is 10.3 Å². The number of nitrogens with one attached hydrogen (secondary N) is 1. The molecular formula is C13H17ClN2O. The van der Waals surface area contributed by atoms with E-state index in [9.17, 15) is 4.79 Å². The van der Waals surface area contributed by atoms with Gasteiger partial charge in [0, 0.05) is 12.2 Å². The van der Waals surface area contributed by atoms with Crippen LogP contribution in [0.15, 0.2) is 18.3 Å². The number of pyridine rings is 1. The minimum atomic E-state index is -0.109. The lowest BCUT2D eigenvalue weighted by Gasteiger charge is -2.27. The Bertz CT molecular complexity index is 408. The van der Waals surface area contributed by atoms with Gasteiger partial charge < -0.3 is 5.32 Å². The molecule has 1 fully saturated rings. The van der Waals surface area contributed by atoms with E-state index in [4.69, 9.17) is 11.6 Å². The predicted molar refractivity (Wildman–Crippen MR) is 68.1 cm³/mol. The number of amides is 1. The molecule has 2 unspecified atom stereocenters. The van der Waals surface area contributed by atoms with Gasteiger partial charge in [0.15, 0.2) is 0 Å². The average molecular weight is 253 g/mol. The van der Waals surface area contributed by atoms with Gasteiger partial charge in [-0.15, -0.1) is 0 Å². The smallest absolute Gasteiger partial charge is 0.254 e. The van der Waals surface area contributed by atoms with Crippen LogP contribution in [0, 0.1) is 5.92 Å². The zero-order valence-corrected chi connectivity index (χ0v) is 10.7. The van der Waals surface area contributed by atoms with Crippen LogP contribution in [0.4, 0.5) is 0 Å². The third-order valence-electron chi connectivity index (χ3n) is 3.28. The number of carbonyl (C=O) groups is 1. The van der Waals surface area contributed by atoms with Crippen LogP contribution in [0.2, 0.25) is 5.15 Å². The van der Waals surface area contributed by atoms with Gasteiger partial charge in [-0.2, -0.15) is 0 Å². The molecule has 0 aliphatic heterocycles. The molecule has 1 aliphatic rings. The Hall–Kier alpha value is -1.09. The minimum absolute atomic E-state index is 0.109. The second-order valence-corrected chi connectivity index (χ2v) is 5.14. The molecule has 0 radical (unpaired) electrons. The third kappa shape index (κ3) is 3.19. The molecule has 17 heavy (non-hydrogen) atoms. The highest BCUT2D eigenvalue weighted by Gasteiger charge is 2.21. The van der Waals surface area contributed by atoms with Crippen molar-refractivity contribution in [2.75, 3.05) is 0 Å². The van der Waals surface area contributed by atoms with E-state index in [2.05, 4.69) is 17.2 Å². The lowest BCUT2D eigenvalue weighted by atomic mass is 9.87. The zero-order valence-electron chi connectivity index (χ0n) is 9.95. The first-order valence-electron chi connectivity index (χ1n) is 6.08. The summed E-state index contributed by atoms with van der Waals surface area (Å²) >= 11 is 5.89. The van der Waals surface area contributed by atoms with Gasteiger partial charge in [0.25, 0.3) is 5.91 Å². The molecule has 0 spiro atoms. The zero-order chi connectivity index (χ0) is 12.3. The van der Waals surface area contributed by atoms with E-state index in [0.29, 0.717) is 11.5 Å². The summed E-state index contributed by atoms with van der Waals surface area (Å²) < 4.78 is 0. The summed E-state index contributed by atoms with van der Waals surface area (Å²) in [6.45, 7) is 2.23. The highest BCUT2D eigenvalue weighted by atomic mass is 35.5. The van der Waals surface area contributed by atoms with Crippen LogP contribution in [0.3, 0.4) is 0 Å². The van der Waals surface area contributed by atoms with Gasteiger partial charge >= 0.3 is 0 Å². The van der Waals surface area contributed by atoms with Crippen molar-refractivity contribution in [1.29, 1.82) is 0 Å². The van der Waals surface area contributed by atoms with Crippen LogP contribution in [-0.2, 0) is 0 Å². The van der Waals surface area contributed by atoms with E-state index < -0.39 is 0 Å². The van der Waals surface area contributed by atoms with Gasteiger partial charge in [0.1, 0.15) is 5.15 Å². The molecule has 0 saturated heterocycles. The minimum Gasteiger partial charge on any atom is -0.349 e. The molecule has 3 nitrogen and oxygen atoms in total. The van der Waals surface area contributed by atoms with Crippen molar-refractivity contribution in [2.24, 2.45) is 5.92 Å². The predicted octanol–water partition coefficient (Wildman–Crippen LogP) is 3.04. The maximum Gasteiger partial charge on any atom is 0.254 e. The Kier molecular flexibility index (Phi) is 4.00. The first kappa shape index (κ1) is 12.4. The molecule has 2 atom stereocenters. The summed E-state index contributed by atoms with van der Waals surface area (Å²) in [5.74, 6) is 0.584. The second-order valence-electron chi connectivity index (χ2n) is 4.78. The molecular weight excluding hydrogens is 236 g/mol. The highest BCUT2D eigenvalue weighted by molar-refractivity contribution is 6.32. The van der Waals surface area contributed by atoms with Crippen molar-refractivity contribution < 1.29 is 4.79 Å². The molecule has 1 aromatic rings. The van der Waals surface area contributed by atoms with Gasteiger partial charge in [-0.25, -0.2) is 4.98 Å². The lowest BCUT2D eigenvalue weighted by molar-refractivity contribution is 0.0921. The molecule has 2 rings (SSSR count). The first-order valence-corrected chi connectivity index (χ1v) is 6.46. The Morgan fingerprint density at radius 3 is 3.06 bits per heavy atom. The summed E-state index contributed by atoms with van der Waals surface area (Å²) in [7, 11) is 0. The fourth-order valence-corrected chi connectivity index (χ4v) is 2.59. The van der Waals surface area contributed by atoms with Crippen molar-refractivity contribution in [2.45, 2.75) is 38.6 Å². The Morgan fingerprint density at radius 2 is 2.35 bits per heavy atom. The average Bonchev–Trinajstić information content (AvgIpc) is 2.29. The van der Waals surface area contributed by atoms with Crippen LogP contribution in [0.5, 0.6) is 0 Å². The number of nitrogens with zero attached hydrogens (tertiary/aromatic N) is 1. The molecule has 1 amide bonds. The molecule has 1 N–H and O–H groups in total. The van der Waals surface area contributed by atoms with Crippen LogP contribution in [0.1, 0.15) is 43.0 Å². The fourth-order valence-electron chi connectivity index (χ4n) is 2.38. The van der Waals surface area contributed by atoms with Crippen molar-refractivity contribution in [3.05, 3.63) is 29.0 Å². The second kappa shape index (κ2) is 5.50. The van der Waals surface area contributed by atoms with Crippen molar-refractivity contribution in [3.8, 4) is 0 Å². The van der Waals surface area contributed by atoms with Gasteiger partial charge in [-0.3, -0.25) is 4.79 Å². The van der Waals surface area contributed by atoms with E-state index in [1.807, 2.05) is 0 Å². The van der Waals surface area contributed by atoms with E-state index in [1.54, 1.807) is 18.3 Å². The van der Waals surface area contributed by atoms with Crippen molar-refractivity contribution in [3.63, 3.8) is 0 Å². The van der Waals surface area contributed by atoms with Crippen molar-refractivity contribution >= 4 is 17.5 Å². The normalized spacial score (nSPS) is 24.4. The summed E-state index contributed by atoms with van der Waals surface area (Å²) in [5.41, 5.74) is 0.465. The quantitative estimate of drug-likeness (QED) is 0.822. The summed E-state index contributed by atoms with van der Waals surface area (Å²) in [6, 6.07) is 3.71. The molecule has 92 valence electrons. The number of hydrogen-bond donors (Lipinski definition) is 1. The summed E-state index contributed by atoms with van der Waals surface area (Å²) in [5, 5.41) is 3.32. The van der Waals surface area contributed by atoms with E-state index in [0.717, 1.165) is 12.8 Å². The molecule has 1 aromatic heterocycles. The van der Waals surface area contributed by atoms with E-state index >= 15 is 0 Å². The van der Waals surface area contributed by atoms with E-state index in [-0.39, 0.29) is 17.1 Å².